The van der Waals surface area contributed by atoms with Gasteiger partial charge in [0.15, 0.2) is 22.9 Å². The van der Waals surface area contributed by atoms with E-state index in [1.165, 1.54) is 42.0 Å². The number of aliphatic hydroxyl groups is 2. The lowest BCUT2D eigenvalue weighted by Crippen LogP contribution is -2.12. The van der Waals surface area contributed by atoms with Gasteiger partial charge in [0.2, 0.25) is 11.6 Å². The van der Waals surface area contributed by atoms with Gasteiger partial charge in [0.25, 0.3) is 0 Å². The predicted octanol–water partition coefficient (Wildman–Crippen LogP) is 3.68. The van der Waals surface area contributed by atoms with Gasteiger partial charge in [0.1, 0.15) is 24.6 Å². The topological polar surface area (TPSA) is 404 Å². The summed E-state index contributed by atoms with van der Waals surface area (Å²) >= 11 is 0. The molecule has 0 saturated carbocycles. The Morgan fingerprint density at radius 3 is 1.01 bits per heavy atom. The molecule has 83 heavy (non-hydrogen) atoms. The van der Waals surface area contributed by atoms with Crippen molar-refractivity contribution in [2.75, 3.05) is 13.2 Å². The first-order valence-corrected chi connectivity index (χ1v) is 24.6. The van der Waals surface area contributed by atoms with E-state index in [-0.39, 0.29) is 28.6 Å². The molecule has 10 aromatic heterocycles. The third kappa shape index (κ3) is 15.1. The molecule has 30 nitrogen and oxygen atoms in total. The lowest BCUT2D eigenvalue weighted by Gasteiger charge is -2.03. The molecular weight excluding hydrogens is 1080 g/mol. The molecule has 10 heterocycles. The Balaban J connectivity index is 0.000000167. The van der Waals surface area contributed by atoms with Crippen LogP contribution in [0.25, 0.3) is 56.4 Å². The summed E-state index contributed by atoms with van der Waals surface area (Å²) in [6.07, 6.45) is 10.8. The minimum Gasteiger partial charge on any atom is -0.477 e. The molecule has 0 unspecified atom stereocenters. The number of Topliss-reactive ketones (excluding diaryl/α,β-unsaturated/α-hetero) is 2. The minimum absolute atomic E-state index is 0.0926. The first kappa shape index (κ1) is 61.3. The molecule has 5 N–H and O–H groups in total. The van der Waals surface area contributed by atoms with E-state index in [2.05, 4.69) is 76.3 Å². The highest BCUT2D eigenvalue weighted by Crippen LogP contribution is 2.25. The van der Waals surface area contributed by atoms with Crippen LogP contribution < -0.4 is 0 Å². The Morgan fingerprint density at radius 2 is 0.687 bits per heavy atom. The summed E-state index contributed by atoms with van der Waals surface area (Å²) in [5, 5.41) is 96.1. The summed E-state index contributed by atoms with van der Waals surface area (Å²) in [5.74, 6) is -3.47. The maximum atomic E-state index is 11.6. The second-order valence-corrected chi connectivity index (χ2v) is 18.1. The largest absolute Gasteiger partial charge is 0.477 e. The van der Waals surface area contributed by atoms with Crippen LogP contribution in [0, 0.1) is 41.5 Å². The first-order valence-electron chi connectivity index (χ1n) is 24.6. The van der Waals surface area contributed by atoms with Crippen LogP contribution in [0.3, 0.4) is 0 Å². The van der Waals surface area contributed by atoms with Crippen molar-refractivity contribution in [3.63, 3.8) is 0 Å². The van der Waals surface area contributed by atoms with Gasteiger partial charge in [-0.2, -0.15) is 66.3 Å². The van der Waals surface area contributed by atoms with E-state index in [1.807, 2.05) is 59.7 Å². The van der Waals surface area contributed by atoms with Crippen LogP contribution in [-0.2, 0) is 35.2 Å². The smallest absolute Gasteiger partial charge is 0.354 e. The zero-order valence-electron chi connectivity index (χ0n) is 46.7. The van der Waals surface area contributed by atoms with Crippen LogP contribution >= 0.6 is 0 Å². The Hall–Kier alpha value is -10.9. The molecule has 0 aromatic carbocycles. The molecule has 0 bridgehead atoms. The Morgan fingerprint density at radius 1 is 0.373 bits per heavy atom. The molecule has 0 spiro atoms. The van der Waals surface area contributed by atoms with E-state index >= 15 is 0 Å². The van der Waals surface area contributed by atoms with Gasteiger partial charge in [0.05, 0.1) is 105 Å². The molecule has 0 fully saturated rings. The van der Waals surface area contributed by atoms with Crippen LogP contribution in [0.5, 0.6) is 0 Å². The van der Waals surface area contributed by atoms with Crippen molar-refractivity contribution < 1.29 is 49.5 Å². The monoisotopic (exact) mass is 1130 g/mol. The number of aliphatic hydroxyl groups excluding tert-OH is 2. The number of hydrogen-bond acceptors (Lipinski definition) is 22. The molecule has 30 heteroatoms. The summed E-state index contributed by atoms with van der Waals surface area (Å²) in [7, 11) is 8.03. The summed E-state index contributed by atoms with van der Waals surface area (Å²) in [5.41, 5.74) is 10.8. The number of carbonyl (C=O) groups excluding carboxylic acids is 2. The van der Waals surface area contributed by atoms with E-state index < -0.39 is 31.1 Å². The fourth-order valence-electron chi connectivity index (χ4n) is 7.80. The third-order valence-corrected chi connectivity index (χ3v) is 11.6. The average molecular weight is 1130 g/mol. The van der Waals surface area contributed by atoms with Crippen LogP contribution in [0.4, 0.5) is 0 Å². The number of aromatic nitrogens is 20. The number of nitrogens with zero attached hydrogens (tertiary/aromatic N) is 20. The quantitative estimate of drug-likeness (QED) is 0.109. The van der Waals surface area contributed by atoms with E-state index in [0.717, 1.165) is 33.9 Å². The van der Waals surface area contributed by atoms with E-state index in [9.17, 15) is 24.0 Å². The second-order valence-electron chi connectivity index (χ2n) is 18.1. The van der Waals surface area contributed by atoms with E-state index in [1.54, 1.807) is 84.3 Å². The van der Waals surface area contributed by atoms with Crippen molar-refractivity contribution in [2.24, 2.45) is 35.2 Å². The molecule has 10 aromatic rings. The Labute approximate surface area is 471 Å². The fourth-order valence-corrected chi connectivity index (χ4v) is 7.80. The first-order chi connectivity index (χ1) is 39.4. The van der Waals surface area contributed by atoms with Crippen molar-refractivity contribution in [1.29, 1.82) is 0 Å². The van der Waals surface area contributed by atoms with Gasteiger partial charge in [0, 0.05) is 46.6 Å². The third-order valence-electron chi connectivity index (χ3n) is 11.6. The molecule has 0 aliphatic rings. The number of carboxylic acids is 3. The molecule has 0 amide bonds. The number of hydrogen-bond donors (Lipinski definition) is 5. The SMILES string of the molecule is Cc1cc(C)nc(-c2cnn(C)c2C(=O)O)n1.Cc1ccc(-c2cnn(C)c2C(=O)CO)nn1.Cc1ccc(-c2cnn(C)c2C(=O)O)nn1.Cc1cnnc(-c2cnn(C)c2C(=O)CO)c1.Cc1cnnc(-c2cnn(C)c2C(=O)O)c1. The number of aromatic carboxylic acids is 3. The summed E-state index contributed by atoms with van der Waals surface area (Å²) in [6, 6.07) is 12.5. The van der Waals surface area contributed by atoms with Crippen molar-refractivity contribution in [3.8, 4) is 56.4 Å². The normalized spacial score (nSPS) is 10.5. The lowest BCUT2D eigenvalue weighted by molar-refractivity contribution is 0.0675. The van der Waals surface area contributed by atoms with Crippen LogP contribution in [-0.4, -0.2) is 168 Å². The van der Waals surface area contributed by atoms with Gasteiger partial charge in [-0.05, 0) is 95.1 Å². The van der Waals surface area contributed by atoms with Crippen LogP contribution in [0.1, 0.15) is 86.3 Å². The molecule has 0 aliphatic heterocycles. The highest BCUT2D eigenvalue weighted by Gasteiger charge is 2.23. The van der Waals surface area contributed by atoms with Crippen molar-refractivity contribution in [1.82, 2.24) is 99.7 Å². The molecule has 0 radical (unpaired) electrons. The molecule has 428 valence electrons. The van der Waals surface area contributed by atoms with Gasteiger partial charge in [-0.25, -0.2) is 24.4 Å². The van der Waals surface area contributed by atoms with E-state index in [4.69, 9.17) is 25.5 Å². The van der Waals surface area contributed by atoms with Crippen LogP contribution in [0.2, 0.25) is 0 Å². The maximum Gasteiger partial charge on any atom is 0.354 e. The minimum atomic E-state index is -1.04. The average Bonchev–Trinajstić information content (AvgIpc) is 4.43. The van der Waals surface area contributed by atoms with Gasteiger partial charge < -0.3 is 25.5 Å². The number of ketones is 2. The van der Waals surface area contributed by atoms with Crippen molar-refractivity contribution >= 4 is 29.5 Å². The highest BCUT2D eigenvalue weighted by atomic mass is 16.4. The number of carbonyl (C=O) groups is 5. The standard InChI is InChI=1S/3C11H12N4O2.2C10H10N4O2/c1-7-3-9(14-12-4-7)8-5-13-15(2)11(8)10(17)6-16;1-6-4-7(2)14-10(13-6)8-5-12-15(3)9(8)11(16)17;1-7-3-4-9(14-13-7)8-5-12-15(2)11(8)10(17)6-16;1-6-3-8(13-11-4-6)7-5-12-14(2)9(7)10(15)16;1-6-3-4-8(13-12-6)7-5-11-14(2)9(7)10(15)16/h3-5,16H,6H2,1-2H3;4-5H,1-3H3,(H,16,17);3-5,16H,6H2,1-2H3;2*3-5H,1-2H3,(H,15,16). The molecule has 0 aliphatic carbocycles. The molecule has 0 saturated heterocycles. The summed E-state index contributed by atoms with van der Waals surface area (Å²) in [6.45, 7) is 10.00. The zero-order chi connectivity index (χ0) is 60.8. The van der Waals surface area contributed by atoms with Gasteiger partial charge >= 0.3 is 17.9 Å². The van der Waals surface area contributed by atoms with Crippen molar-refractivity contribution in [2.45, 2.75) is 41.5 Å². The predicted molar refractivity (Wildman–Crippen MR) is 293 cm³/mol. The maximum absolute atomic E-state index is 11.6. The molecule has 0 atom stereocenters. The van der Waals surface area contributed by atoms with Crippen LogP contribution in [0.15, 0.2) is 85.8 Å². The second kappa shape index (κ2) is 27.3. The van der Waals surface area contributed by atoms with E-state index in [0.29, 0.717) is 67.8 Å². The van der Waals surface area contributed by atoms with Gasteiger partial charge in [-0.1, -0.05) is 0 Å². The summed E-state index contributed by atoms with van der Waals surface area (Å²) < 4.78 is 6.77. The van der Waals surface area contributed by atoms with Crippen molar-refractivity contribution in [3.05, 3.63) is 148 Å². The summed E-state index contributed by atoms with van der Waals surface area (Å²) in [4.78, 5) is 64.9. The van der Waals surface area contributed by atoms with Gasteiger partial charge in [-0.3, -0.25) is 33.0 Å². The number of rotatable bonds is 12. The highest BCUT2D eigenvalue weighted by molar-refractivity contribution is 6.02. The van der Waals surface area contributed by atoms with Gasteiger partial charge in [-0.15, -0.1) is 0 Å². The zero-order valence-corrected chi connectivity index (χ0v) is 46.7. The molecular formula is C53H56N20O10. The Bertz CT molecular complexity index is 3940. The number of aryl methyl sites for hydroxylation is 11. The fraction of sp³-hybridized carbons (Fsp3) is 0.245. The lowest BCUT2D eigenvalue weighted by atomic mass is 10.1. The Kier molecular flexibility index (Phi) is 20.2. The molecule has 10 rings (SSSR count). The number of carboxylic acid groups (broad SMARTS) is 3.